The highest BCUT2D eigenvalue weighted by molar-refractivity contribution is 7.12. The number of hydrogen-bond donors (Lipinski definition) is 1. The number of nitrogens with zero attached hydrogens (tertiary/aromatic N) is 1. The van der Waals surface area contributed by atoms with Gasteiger partial charge in [-0.05, 0) is 31.4 Å². The summed E-state index contributed by atoms with van der Waals surface area (Å²) in [5, 5.41) is 0. The van der Waals surface area contributed by atoms with Gasteiger partial charge in [0.05, 0.1) is 19.3 Å². The van der Waals surface area contributed by atoms with Gasteiger partial charge in [-0.3, -0.25) is 4.90 Å². The van der Waals surface area contributed by atoms with Gasteiger partial charge in [-0.2, -0.15) is 0 Å². The lowest BCUT2D eigenvalue weighted by Crippen LogP contribution is -2.55. The SMILES string of the molecule is CC(C)(C)c1ccc(C(CN)N2CCOCC2(C)C)s1. The molecule has 0 aromatic carbocycles. The number of rotatable bonds is 3. The minimum atomic E-state index is 0.0498. The van der Waals surface area contributed by atoms with Crippen molar-refractivity contribution in [3.05, 3.63) is 21.9 Å². The molecule has 1 atom stereocenters. The fraction of sp³-hybridized carbons (Fsp3) is 0.750. The number of nitrogens with two attached hydrogens (primary N) is 1. The summed E-state index contributed by atoms with van der Waals surface area (Å²) in [6.07, 6.45) is 0. The molecule has 0 aliphatic carbocycles. The van der Waals surface area contributed by atoms with Crippen LogP contribution in [-0.2, 0) is 10.2 Å². The van der Waals surface area contributed by atoms with Gasteiger partial charge in [0.15, 0.2) is 0 Å². The topological polar surface area (TPSA) is 38.5 Å². The van der Waals surface area contributed by atoms with Gasteiger partial charge in [0.1, 0.15) is 0 Å². The van der Waals surface area contributed by atoms with E-state index in [2.05, 4.69) is 51.7 Å². The molecule has 0 spiro atoms. The van der Waals surface area contributed by atoms with E-state index in [0.717, 1.165) is 19.8 Å². The second-order valence-corrected chi connectivity index (χ2v) is 8.38. The molecule has 2 N–H and O–H groups in total. The van der Waals surface area contributed by atoms with Gasteiger partial charge in [-0.25, -0.2) is 0 Å². The van der Waals surface area contributed by atoms with E-state index in [1.807, 2.05) is 11.3 Å². The maximum absolute atomic E-state index is 6.10. The van der Waals surface area contributed by atoms with Crippen molar-refractivity contribution in [2.45, 2.75) is 51.6 Å². The Morgan fingerprint density at radius 2 is 2.10 bits per heavy atom. The lowest BCUT2D eigenvalue weighted by atomic mass is 9.95. The Labute approximate surface area is 127 Å². The molecule has 1 aromatic rings. The Bertz CT molecular complexity index is 448. The Morgan fingerprint density at radius 3 is 2.60 bits per heavy atom. The van der Waals surface area contributed by atoms with Crippen LogP contribution in [0.4, 0.5) is 0 Å². The average molecular weight is 296 g/mol. The monoisotopic (exact) mass is 296 g/mol. The zero-order chi connectivity index (χ0) is 15.0. The van der Waals surface area contributed by atoms with E-state index in [9.17, 15) is 0 Å². The number of hydrogen-bond acceptors (Lipinski definition) is 4. The van der Waals surface area contributed by atoms with Gasteiger partial charge < -0.3 is 10.5 Å². The Morgan fingerprint density at radius 1 is 1.40 bits per heavy atom. The molecule has 1 aromatic heterocycles. The lowest BCUT2D eigenvalue weighted by Gasteiger charge is -2.46. The van der Waals surface area contributed by atoms with Crippen molar-refractivity contribution < 1.29 is 4.74 Å². The minimum absolute atomic E-state index is 0.0498. The average Bonchev–Trinajstić information content (AvgIpc) is 2.81. The summed E-state index contributed by atoms with van der Waals surface area (Å²) >= 11 is 1.90. The molecule has 1 fully saturated rings. The highest BCUT2D eigenvalue weighted by Crippen LogP contribution is 2.37. The van der Waals surface area contributed by atoms with Crippen LogP contribution in [0.15, 0.2) is 12.1 Å². The van der Waals surface area contributed by atoms with Crippen LogP contribution in [0.1, 0.15) is 50.4 Å². The van der Waals surface area contributed by atoms with Crippen molar-refractivity contribution >= 4 is 11.3 Å². The van der Waals surface area contributed by atoms with Crippen LogP contribution in [0.25, 0.3) is 0 Å². The van der Waals surface area contributed by atoms with Gasteiger partial charge in [0, 0.05) is 28.4 Å². The zero-order valence-corrected chi connectivity index (χ0v) is 14.2. The summed E-state index contributed by atoms with van der Waals surface area (Å²) in [6, 6.07) is 4.82. The van der Waals surface area contributed by atoms with Crippen molar-refractivity contribution in [1.82, 2.24) is 4.90 Å². The Kier molecular flexibility index (Phi) is 4.59. The fourth-order valence-corrected chi connectivity index (χ4v) is 3.97. The first-order valence-corrected chi connectivity index (χ1v) is 8.22. The second kappa shape index (κ2) is 5.76. The standard InChI is InChI=1S/C16H28N2OS/c1-15(2,3)14-7-6-13(20-14)12(10-17)18-8-9-19-11-16(18,4)5/h6-7,12H,8-11,17H2,1-5H3. The first kappa shape index (κ1) is 16.0. The summed E-state index contributed by atoms with van der Waals surface area (Å²) in [5.41, 5.74) is 6.36. The summed E-state index contributed by atoms with van der Waals surface area (Å²) in [4.78, 5) is 5.32. The molecule has 3 nitrogen and oxygen atoms in total. The van der Waals surface area contributed by atoms with Crippen molar-refractivity contribution in [3.63, 3.8) is 0 Å². The van der Waals surface area contributed by atoms with Gasteiger partial charge in [0.25, 0.3) is 0 Å². The van der Waals surface area contributed by atoms with E-state index >= 15 is 0 Å². The zero-order valence-electron chi connectivity index (χ0n) is 13.4. The predicted molar refractivity (Wildman–Crippen MR) is 86.4 cm³/mol. The molecule has 0 saturated carbocycles. The van der Waals surface area contributed by atoms with Crippen LogP contribution in [-0.4, -0.2) is 36.7 Å². The molecule has 1 unspecified atom stereocenters. The normalized spacial score (nSPS) is 21.9. The van der Waals surface area contributed by atoms with Crippen LogP contribution in [0, 0.1) is 0 Å². The Hall–Kier alpha value is -0.420. The smallest absolute Gasteiger partial charge is 0.0645 e. The van der Waals surface area contributed by atoms with E-state index in [0.29, 0.717) is 12.6 Å². The molecule has 2 heterocycles. The van der Waals surface area contributed by atoms with Crippen LogP contribution in [0.3, 0.4) is 0 Å². The summed E-state index contributed by atoms with van der Waals surface area (Å²) in [5.74, 6) is 0. The molecule has 114 valence electrons. The summed E-state index contributed by atoms with van der Waals surface area (Å²) in [6.45, 7) is 14.5. The van der Waals surface area contributed by atoms with Crippen LogP contribution in [0.2, 0.25) is 0 Å². The molecule has 1 aliphatic rings. The van der Waals surface area contributed by atoms with Crippen LogP contribution < -0.4 is 5.73 Å². The van der Waals surface area contributed by atoms with E-state index in [1.54, 1.807) is 0 Å². The lowest BCUT2D eigenvalue weighted by molar-refractivity contribution is -0.0706. The van der Waals surface area contributed by atoms with E-state index < -0.39 is 0 Å². The highest BCUT2D eigenvalue weighted by atomic mass is 32.1. The predicted octanol–water partition coefficient (Wildman–Crippen LogP) is 3.16. The van der Waals surface area contributed by atoms with Crippen molar-refractivity contribution in [1.29, 1.82) is 0 Å². The first-order valence-electron chi connectivity index (χ1n) is 7.40. The number of ether oxygens (including phenoxy) is 1. The second-order valence-electron chi connectivity index (χ2n) is 7.26. The third-order valence-electron chi connectivity index (χ3n) is 4.00. The third kappa shape index (κ3) is 3.25. The van der Waals surface area contributed by atoms with Gasteiger partial charge in [0.2, 0.25) is 0 Å². The van der Waals surface area contributed by atoms with Crippen molar-refractivity contribution in [2.75, 3.05) is 26.3 Å². The number of thiophene rings is 1. The van der Waals surface area contributed by atoms with Crippen LogP contribution >= 0.6 is 11.3 Å². The molecular weight excluding hydrogens is 268 g/mol. The molecule has 2 rings (SSSR count). The Balaban J connectivity index is 2.26. The molecular formula is C16H28N2OS. The molecule has 0 amide bonds. The molecule has 4 heteroatoms. The van der Waals surface area contributed by atoms with Crippen molar-refractivity contribution in [3.8, 4) is 0 Å². The van der Waals surface area contributed by atoms with Gasteiger partial charge in [-0.15, -0.1) is 11.3 Å². The largest absolute Gasteiger partial charge is 0.378 e. The highest BCUT2D eigenvalue weighted by Gasteiger charge is 2.36. The fourth-order valence-electron chi connectivity index (χ4n) is 2.78. The third-order valence-corrected chi connectivity index (χ3v) is 5.62. The van der Waals surface area contributed by atoms with Crippen LogP contribution in [0.5, 0.6) is 0 Å². The maximum atomic E-state index is 6.10. The molecule has 1 saturated heterocycles. The molecule has 0 bridgehead atoms. The minimum Gasteiger partial charge on any atom is -0.378 e. The van der Waals surface area contributed by atoms with E-state index in [1.165, 1.54) is 9.75 Å². The van der Waals surface area contributed by atoms with Gasteiger partial charge >= 0.3 is 0 Å². The first-order chi connectivity index (χ1) is 9.25. The molecule has 1 aliphatic heterocycles. The van der Waals surface area contributed by atoms with Crippen molar-refractivity contribution in [2.24, 2.45) is 5.73 Å². The molecule has 0 radical (unpaired) electrons. The molecule has 20 heavy (non-hydrogen) atoms. The van der Waals surface area contributed by atoms with E-state index in [-0.39, 0.29) is 11.0 Å². The maximum Gasteiger partial charge on any atom is 0.0645 e. The summed E-state index contributed by atoms with van der Waals surface area (Å²) < 4.78 is 5.63. The van der Waals surface area contributed by atoms with E-state index in [4.69, 9.17) is 10.5 Å². The van der Waals surface area contributed by atoms with Gasteiger partial charge in [-0.1, -0.05) is 20.8 Å². The quantitative estimate of drug-likeness (QED) is 0.931. The summed E-state index contributed by atoms with van der Waals surface area (Å²) in [7, 11) is 0. The number of morpholine rings is 1.